The first kappa shape index (κ1) is 28.6. The van der Waals surface area contributed by atoms with Crippen LogP contribution in [0.1, 0.15) is 44.2 Å². The molecule has 0 saturated carbocycles. The average molecular weight is 526 g/mol. The first-order valence-electron chi connectivity index (χ1n) is 11.5. The van der Waals surface area contributed by atoms with Crippen LogP contribution in [-0.4, -0.2) is 50.5 Å². The summed E-state index contributed by atoms with van der Waals surface area (Å²) in [4.78, 5) is 28.0. The van der Waals surface area contributed by atoms with Crippen molar-refractivity contribution in [2.24, 2.45) is 0 Å². The highest BCUT2D eigenvalue weighted by Gasteiger charge is 2.32. The zero-order valence-electron chi connectivity index (χ0n) is 20.6. The Morgan fingerprint density at radius 2 is 1.83 bits per heavy atom. The number of rotatable bonds is 12. The standard InChI is InChI=1S/C25H33ClFN3O4S/c1-5-7-14-28-25(32)23(6-2)29(16-19-11-9-8-10-18(19)3)24(31)17-30(35(4,33)34)20-12-13-22(27)21(26)15-20/h8-13,15,23H,5-7,14,16-17H2,1-4H3,(H,28,32). The fourth-order valence-electron chi connectivity index (χ4n) is 3.65. The van der Waals surface area contributed by atoms with E-state index in [1.165, 1.54) is 11.0 Å². The van der Waals surface area contributed by atoms with Crippen LogP contribution in [0.2, 0.25) is 5.02 Å². The molecule has 0 saturated heterocycles. The fraction of sp³-hybridized carbons (Fsp3) is 0.440. The molecule has 1 atom stereocenters. The molecule has 2 aromatic carbocycles. The third-order valence-corrected chi connectivity index (χ3v) is 7.12. The number of unbranched alkanes of at least 4 members (excludes halogenated alkanes) is 1. The van der Waals surface area contributed by atoms with Gasteiger partial charge >= 0.3 is 0 Å². The number of nitrogens with zero attached hydrogens (tertiary/aromatic N) is 2. The summed E-state index contributed by atoms with van der Waals surface area (Å²) in [5.74, 6) is -1.55. The van der Waals surface area contributed by atoms with Gasteiger partial charge < -0.3 is 10.2 Å². The number of carbonyl (C=O) groups excluding carboxylic acids is 2. The van der Waals surface area contributed by atoms with E-state index in [0.29, 0.717) is 13.0 Å². The maximum Gasteiger partial charge on any atom is 0.244 e. The van der Waals surface area contributed by atoms with Gasteiger partial charge in [0.15, 0.2) is 0 Å². The molecule has 0 spiro atoms. The van der Waals surface area contributed by atoms with Gasteiger partial charge in [-0.2, -0.15) is 0 Å². The number of amides is 2. The number of hydrogen-bond acceptors (Lipinski definition) is 4. The molecule has 7 nitrogen and oxygen atoms in total. The van der Waals surface area contributed by atoms with Crippen molar-refractivity contribution in [1.29, 1.82) is 0 Å². The molecule has 2 aromatic rings. The highest BCUT2D eigenvalue weighted by molar-refractivity contribution is 7.92. The van der Waals surface area contributed by atoms with E-state index in [0.717, 1.165) is 46.7 Å². The van der Waals surface area contributed by atoms with Gasteiger partial charge in [0, 0.05) is 13.1 Å². The number of benzene rings is 2. The number of anilines is 1. The number of carbonyl (C=O) groups is 2. The first-order chi connectivity index (χ1) is 16.5. The molecule has 2 amide bonds. The molecule has 1 N–H and O–H groups in total. The van der Waals surface area contributed by atoms with Crippen LogP contribution < -0.4 is 9.62 Å². The summed E-state index contributed by atoms with van der Waals surface area (Å²) < 4.78 is 39.7. The summed E-state index contributed by atoms with van der Waals surface area (Å²) in [6.45, 7) is 5.78. The minimum atomic E-state index is -3.92. The summed E-state index contributed by atoms with van der Waals surface area (Å²) in [5.41, 5.74) is 1.84. The Balaban J connectivity index is 2.43. The Morgan fingerprint density at radius 3 is 2.40 bits per heavy atom. The maximum absolute atomic E-state index is 13.7. The predicted octanol–water partition coefficient (Wildman–Crippen LogP) is 4.28. The third kappa shape index (κ3) is 7.93. The second kappa shape index (κ2) is 12.9. The average Bonchev–Trinajstić information content (AvgIpc) is 2.79. The molecule has 192 valence electrons. The van der Waals surface area contributed by atoms with E-state index in [4.69, 9.17) is 11.6 Å². The topological polar surface area (TPSA) is 86.8 Å². The van der Waals surface area contributed by atoms with E-state index in [1.807, 2.05) is 38.1 Å². The first-order valence-corrected chi connectivity index (χ1v) is 13.8. The van der Waals surface area contributed by atoms with Gasteiger partial charge in [-0.05, 0) is 49.1 Å². The number of sulfonamides is 1. The van der Waals surface area contributed by atoms with Crippen LogP contribution in [0.25, 0.3) is 0 Å². The Labute approximate surface area is 212 Å². The van der Waals surface area contributed by atoms with Gasteiger partial charge in [-0.1, -0.05) is 56.1 Å². The molecular formula is C25H33ClFN3O4S. The van der Waals surface area contributed by atoms with Gasteiger partial charge in [0.2, 0.25) is 21.8 Å². The summed E-state index contributed by atoms with van der Waals surface area (Å²) >= 11 is 5.86. The molecule has 0 radical (unpaired) electrons. The molecule has 0 bridgehead atoms. The van der Waals surface area contributed by atoms with Crippen molar-refractivity contribution in [3.8, 4) is 0 Å². The SMILES string of the molecule is CCCCNC(=O)C(CC)N(Cc1ccccc1C)C(=O)CN(c1ccc(F)c(Cl)c1)S(C)(=O)=O. The molecule has 0 aromatic heterocycles. The van der Waals surface area contributed by atoms with Crippen LogP contribution in [-0.2, 0) is 26.2 Å². The summed E-state index contributed by atoms with van der Waals surface area (Å²) in [6, 6.07) is 10.1. The number of nitrogens with one attached hydrogen (secondary N) is 1. The molecule has 35 heavy (non-hydrogen) atoms. The van der Waals surface area contributed by atoms with Crippen LogP contribution in [0.4, 0.5) is 10.1 Å². The molecular weight excluding hydrogens is 493 g/mol. The highest BCUT2D eigenvalue weighted by Crippen LogP contribution is 2.25. The molecule has 1 unspecified atom stereocenters. The largest absolute Gasteiger partial charge is 0.354 e. The number of halogens is 2. The van der Waals surface area contributed by atoms with Gasteiger partial charge in [-0.25, -0.2) is 12.8 Å². The lowest BCUT2D eigenvalue weighted by Gasteiger charge is -2.33. The highest BCUT2D eigenvalue weighted by atomic mass is 35.5. The summed E-state index contributed by atoms with van der Waals surface area (Å²) in [7, 11) is -3.92. The van der Waals surface area contributed by atoms with Crippen molar-refractivity contribution in [2.45, 2.75) is 52.6 Å². The van der Waals surface area contributed by atoms with Crippen molar-refractivity contribution in [3.63, 3.8) is 0 Å². The van der Waals surface area contributed by atoms with Crippen molar-refractivity contribution in [3.05, 3.63) is 64.4 Å². The van der Waals surface area contributed by atoms with E-state index in [2.05, 4.69) is 5.32 Å². The smallest absolute Gasteiger partial charge is 0.244 e. The minimum Gasteiger partial charge on any atom is -0.354 e. The van der Waals surface area contributed by atoms with Crippen molar-refractivity contribution >= 4 is 39.1 Å². The molecule has 10 heteroatoms. The molecule has 0 aliphatic heterocycles. The normalized spacial score (nSPS) is 12.2. The molecule has 0 aliphatic carbocycles. The quantitative estimate of drug-likeness (QED) is 0.419. The number of hydrogen-bond donors (Lipinski definition) is 1. The van der Waals surface area contributed by atoms with E-state index < -0.39 is 34.3 Å². The van der Waals surface area contributed by atoms with Gasteiger partial charge in [-0.3, -0.25) is 13.9 Å². The van der Waals surface area contributed by atoms with Crippen LogP contribution in [0.15, 0.2) is 42.5 Å². The number of aryl methyl sites for hydroxylation is 1. The van der Waals surface area contributed by atoms with E-state index in [-0.39, 0.29) is 23.2 Å². The summed E-state index contributed by atoms with van der Waals surface area (Å²) in [5, 5.41) is 2.61. The van der Waals surface area contributed by atoms with Crippen molar-refractivity contribution in [1.82, 2.24) is 10.2 Å². The fourth-order valence-corrected chi connectivity index (χ4v) is 4.67. The Morgan fingerprint density at radius 1 is 1.14 bits per heavy atom. The summed E-state index contributed by atoms with van der Waals surface area (Å²) in [6.07, 6.45) is 3.02. The van der Waals surface area contributed by atoms with Crippen LogP contribution in [0.5, 0.6) is 0 Å². The lowest BCUT2D eigenvalue weighted by Crippen LogP contribution is -2.52. The van der Waals surface area contributed by atoms with Gasteiger partial charge in [0.1, 0.15) is 18.4 Å². The second-order valence-electron chi connectivity index (χ2n) is 8.38. The molecule has 0 aliphatic rings. The van der Waals surface area contributed by atoms with Gasteiger partial charge in [0.25, 0.3) is 0 Å². The zero-order valence-corrected chi connectivity index (χ0v) is 22.1. The van der Waals surface area contributed by atoms with Crippen molar-refractivity contribution < 1.29 is 22.4 Å². The Hall–Kier alpha value is -2.65. The molecule has 2 rings (SSSR count). The lowest BCUT2D eigenvalue weighted by molar-refractivity contribution is -0.140. The third-order valence-electron chi connectivity index (χ3n) is 5.69. The second-order valence-corrected chi connectivity index (χ2v) is 10.7. The Kier molecular flexibility index (Phi) is 10.5. The van der Waals surface area contributed by atoms with Crippen LogP contribution in [0, 0.1) is 12.7 Å². The molecule has 0 heterocycles. The predicted molar refractivity (Wildman–Crippen MR) is 137 cm³/mol. The minimum absolute atomic E-state index is 0.0588. The zero-order chi connectivity index (χ0) is 26.2. The Bertz CT molecular complexity index is 1140. The van der Waals surface area contributed by atoms with E-state index in [1.54, 1.807) is 6.92 Å². The lowest BCUT2D eigenvalue weighted by atomic mass is 10.1. The van der Waals surface area contributed by atoms with Gasteiger partial charge in [-0.15, -0.1) is 0 Å². The van der Waals surface area contributed by atoms with Crippen molar-refractivity contribution in [2.75, 3.05) is 23.7 Å². The molecule has 0 fully saturated rings. The van der Waals surface area contributed by atoms with Gasteiger partial charge in [0.05, 0.1) is 17.0 Å². The van der Waals surface area contributed by atoms with Crippen LogP contribution in [0.3, 0.4) is 0 Å². The monoisotopic (exact) mass is 525 g/mol. The van der Waals surface area contributed by atoms with E-state index in [9.17, 15) is 22.4 Å². The maximum atomic E-state index is 13.7. The van der Waals surface area contributed by atoms with E-state index >= 15 is 0 Å². The van der Waals surface area contributed by atoms with Crippen LogP contribution >= 0.6 is 11.6 Å².